The van der Waals surface area contributed by atoms with Crippen molar-refractivity contribution >= 4 is 45.0 Å². The van der Waals surface area contributed by atoms with E-state index in [4.69, 9.17) is 10.5 Å². The normalized spacial score (nSPS) is 11.6. The lowest BCUT2D eigenvalue weighted by molar-refractivity contribution is -0.117. The molecule has 1 unspecified atom stereocenters. The second-order valence-corrected chi connectivity index (χ2v) is 7.66. The molecule has 1 heterocycles. The molecule has 0 aliphatic carbocycles. The van der Waals surface area contributed by atoms with Crippen LogP contribution < -0.4 is 21.7 Å². The molecule has 8 nitrogen and oxygen atoms in total. The Bertz CT molecular complexity index is 1000. The van der Waals surface area contributed by atoms with Crippen molar-refractivity contribution in [1.29, 1.82) is 0 Å². The van der Waals surface area contributed by atoms with E-state index in [0.717, 1.165) is 15.7 Å². The van der Waals surface area contributed by atoms with Gasteiger partial charge in [-0.15, -0.1) is 0 Å². The van der Waals surface area contributed by atoms with Crippen LogP contribution in [0.2, 0.25) is 0 Å². The van der Waals surface area contributed by atoms with Crippen LogP contribution in [0.4, 0.5) is 23.1 Å². The largest absolute Gasteiger partial charge is 0.383 e. The molecule has 0 spiro atoms. The van der Waals surface area contributed by atoms with Gasteiger partial charge in [0.1, 0.15) is 5.82 Å². The third kappa shape index (κ3) is 7.02. The minimum Gasteiger partial charge on any atom is -0.383 e. The summed E-state index contributed by atoms with van der Waals surface area (Å²) in [4.78, 5) is 21.2. The van der Waals surface area contributed by atoms with Crippen LogP contribution in [0.5, 0.6) is 0 Å². The van der Waals surface area contributed by atoms with Crippen LogP contribution in [0.1, 0.15) is 5.56 Å². The molecule has 0 aliphatic rings. The maximum Gasteiger partial charge on any atom is 0.241 e. The second kappa shape index (κ2) is 11.4. The van der Waals surface area contributed by atoms with Gasteiger partial charge in [-0.25, -0.2) is 4.98 Å². The van der Waals surface area contributed by atoms with E-state index in [1.165, 1.54) is 0 Å². The van der Waals surface area contributed by atoms with Crippen LogP contribution in [0, 0.1) is 0 Å². The number of anilines is 4. The summed E-state index contributed by atoms with van der Waals surface area (Å²) in [6.45, 7) is 1.18. The highest BCUT2D eigenvalue weighted by atomic mass is 79.9. The van der Waals surface area contributed by atoms with E-state index in [1.807, 2.05) is 42.5 Å². The minimum atomic E-state index is -0.644. The summed E-state index contributed by atoms with van der Waals surface area (Å²) >= 11 is 3.43. The summed E-state index contributed by atoms with van der Waals surface area (Å²) in [7, 11) is 1.64. The van der Waals surface area contributed by atoms with E-state index in [9.17, 15) is 4.79 Å². The first-order valence-electron chi connectivity index (χ1n) is 9.78. The van der Waals surface area contributed by atoms with Crippen molar-refractivity contribution in [3.63, 3.8) is 0 Å². The van der Waals surface area contributed by atoms with Gasteiger partial charge in [-0.1, -0.05) is 36.4 Å². The molecule has 9 heteroatoms. The van der Waals surface area contributed by atoms with E-state index >= 15 is 0 Å². The Balaban J connectivity index is 1.62. The van der Waals surface area contributed by atoms with Gasteiger partial charge < -0.3 is 26.4 Å². The summed E-state index contributed by atoms with van der Waals surface area (Å²) < 4.78 is 5.80. The summed E-state index contributed by atoms with van der Waals surface area (Å²) in [5.41, 5.74) is 8.46. The van der Waals surface area contributed by atoms with Gasteiger partial charge in [0.05, 0.1) is 17.1 Å². The summed E-state index contributed by atoms with van der Waals surface area (Å²) in [5, 5.41) is 9.19. The minimum absolute atomic E-state index is 0.245. The zero-order valence-electron chi connectivity index (χ0n) is 17.1. The fraction of sp³-hybridized carbons (Fsp3) is 0.227. The molecule has 1 amide bonds. The number of aromatic nitrogens is 2. The number of nitrogens with two attached hydrogens (primary N) is 1. The monoisotopic (exact) mass is 484 g/mol. The first kappa shape index (κ1) is 22.7. The number of methoxy groups -OCH3 is 1. The number of halogens is 1. The zero-order valence-corrected chi connectivity index (χ0v) is 18.7. The van der Waals surface area contributed by atoms with Gasteiger partial charge in [0.15, 0.2) is 0 Å². The van der Waals surface area contributed by atoms with Crippen molar-refractivity contribution in [3.05, 3.63) is 70.8 Å². The molecule has 0 bridgehead atoms. The molecule has 0 aliphatic heterocycles. The number of ether oxygens (including phenoxy) is 1. The number of amides is 1. The number of carbonyl (C=O) groups is 1. The molecule has 0 saturated carbocycles. The Morgan fingerprint density at radius 3 is 2.71 bits per heavy atom. The number of hydrogen-bond acceptors (Lipinski definition) is 7. The first-order chi connectivity index (χ1) is 15.0. The number of nitrogens with zero attached hydrogens (tertiary/aromatic N) is 2. The Morgan fingerprint density at radius 2 is 1.94 bits per heavy atom. The van der Waals surface area contributed by atoms with Crippen molar-refractivity contribution in [2.24, 2.45) is 5.73 Å². The lowest BCUT2D eigenvalue weighted by Gasteiger charge is -2.14. The van der Waals surface area contributed by atoms with Gasteiger partial charge >= 0.3 is 0 Å². The molecule has 1 aromatic heterocycles. The Labute approximate surface area is 189 Å². The van der Waals surface area contributed by atoms with Crippen molar-refractivity contribution in [2.75, 3.05) is 36.2 Å². The molecule has 1 atom stereocenters. The third-order valence-electron chi connectivity index (χ3n) is 4.36. The highest BCUT2D eigenvalue weighted by Gasteiger charge is 2.14. The molecule has 3 rings (SSSR count). The maximum atomic E-state index is 12.5. The number of hydrogen-bond donors (Lipinski definition) is 4. The predicted octanol–water partition coefficient (Wildman–Crippen LogP) is 3.55. The van der Waals surface area contributed by atoms with Crippen molar-refractivity contribution in [3.8, 4) is 0 Å². The molecule has 2 aromatic carbocycles. The van der Waals surface area contributed by atoms with Crippen LogP contribution in [-0.2, 0) is 16.0 Å². The first-order valence-corrected chi connectivity index (χ1v) is 10.6. The van der Waals surface area contributed by atoms with Gasteiger partial charge in [-0.2, -0.15) is 4.98 Å². The van der Waals surface area contributed by atoms with Crippen molar-refractivity contribution < 1.29 is 9.53 Å². The summed E-state index contributed by atoms with van der Waals surface area (Å²) in [5.74, 6) is 0.837. The van der Waals surface area contributed by atoms with Crippen molar-refractivity contribution in [2.45, 2.75) is 12.5 Å². The van der Waals surface area contributed by atoms with E-state index in [2.05, 4.69) is 41.8 Å². The summed E-state index contributed by atoms with van der Waals surface area (Å²) in [6.07, 6.45) is 2.13. The fourth-order valence-corrected chi connectivity index (χ4v) is 3.15. The second-order valence-electron chi connectivity index (χ2n) is 6.80. The van der Waals surface area contributed by atoms with Gasteiger partial charge in [0.2, 0.25) is 11.9 Å². The lowest BCUT2D eigenvalue weighted by Crippen LogP contribution is -2.37. The van der Waals surface area contributed by atoms with Gasteiger partial charge in [0.25, 0.3) is 0 Å². The van der Waals surface area contributed by atoms with E-state index < -0.39 is 6.04 Å². The SMILES string of the molecule is COCCNc1nc(Nc2cccc(NC(=O)C(N)Cc3ccccc3)c2)ncc1Br. The highest BCUT2D eigenvalue weighted by molar-refractivity contribution is 9.10. The Kier molecular flexibility index (Phi) is 8.34. The topological polar surface area (TPSA) is 114 Å². The Hall–Kier alpha value is -3.01. The third-order valence-corrected chi connectivity index (χ3v) is 4.94. The average molecular weight is 485 g/mol. The molecular formula is C22H25BrN6O2. The molecule has 3 aromatic rings. The average Bonchev–Trinajstić information content (AvgIpc) is 2.77. The molecule has 5 N–H and O–H groups in total. The number of nitrogens with one attached hydrogen (secondary N) is 3. The van der Waals surface area contributed by atoms with E-state index in [-0.39, 0.29) is 5.91 Å². The molecule has 0 saturated heterocycles. The number of benzene rings is 2. The number of rotatable bonds is 10. The predicted molar refractivity (Wildman–Crippen MR) is 127 cm³/mol. The molecular weight excluding hydrogens is 460 g/mol. The van der Waals surface area contributed by atoms with Gasteiger partial charge in [-0.3, -0.25) is 4.79 Å². The van der Waals surface area contributed by atoms with Crippen LogP contribution >= 0.6 is 15.9 Å². The van der Waals surface area contributed by atoms with E-state index in [0.29, 0.717) is 37.0 Å². The van der Waals surface area contributed by atoms with Crippen molar-refractivity contribution in [1.82, 2.24) is 9.97 Å². The van der Waals surface area contributed by atoms with E-state index in [1.54, 1.807) is 25.4 Å². The maximum absolute atomic E-state index is 12.5. The fourth-order valence-electron chi connectivity index (χ4n) is 2.82. The van der Waals surface area contributed by atoms with Crippen LogP contribution in [0.15, 0.2) is 65.3 Å². The molecule has 31 heavy (non-hydrogen) atoms. The quantitative estimate of drug-likeness (QED) is 0.325. The smallest absolute Gasteiger partial charge is 0.241 e. The van der Waals surface area contributed by atoms with Crippen LogP contribution in [0.25, 0.3) is 0 Å². The Morgan fingerprint density at radius 1 is 1.16 bits per heavy atom. The van der Waals surface area contributed by atoms with Gasteiger partial charge in [0, 0.05) is 31.2 Å². The molecule has 0 radical (unpaired) electrons. The highest BCUT2D eigenvalue weighted by Crippen LogP contribution is 2.23. The standard InChI is InChI=1S/C22H25BrN6O2/c1-31-11-10-25-20-18(23)14-26-22(29-20)28-17-9-5-8-16(13-17)27-21(30)19(24)12-15-6-3-2-4-7-15/h2-9,13-14,19H,10-12,24H2,1H3,(H,27,30)(H2,25,26,28,29). The van der Waals surface area contributed by atoms with Crippen LogP contribution in [-0.4, -0.2) is 42.2 Å². The van der Waals surface area contributed by atoms with Crippen LogP contribution in [0.3, 0.4) is 0 Å². The summed E-state index contributed by atoms with van der Waals surface area (Å²) in [6, 6.07) is 16.4. The van der Waals surface area contributed by atoms with Gasteiger partial charge in [-0.05, 0) is 46.1 Å². The zero-order chi connectivity index (χ0) is 22.1. The number of carbonyl (C=O) groups excluding carboxylic acids is 1. The lowest BCUT2D eigenvalue weighted by atomic mass is 10.1. The molecule has 0 fully saturated rings. The molecule has 162 valence electrons.